The van der Waals surface area contributed by atoms with Gasteiger partial charge in [-0.25, -0.2) is 15.0 Å². The number of rotatable bonds is 6. The minimum absolute atomic E-state index is 0.290. The molecule has 13 rings (SSSR count). The molecule has 3 saturated carbocycles. The van der Waals surface area contributed by atoms with Gasteiger partial charge in [0, 0.05) is 27.8 Å². The molecule has 3 fully saturated rings. The van der Waals surface area contributed by atoms with Crippen LogP contribution >= 0.6 is 0 Å². The molecule has 2 unspecified atom stereocenters. The molecule has 8 aromatic rings. The molecule has 4 nitrogen and oxygen atoms in total. The van der Waals surface area contributed by atoms with Crippen molar-refractivity contribution in [2.24, 2.45) is 23.7 Å². The van der Waals surface area contributed by atoms with Gasteiger partial charge in [-0.2, -0.15) is 0 Å². The second kappa shape index (κ2) is 14.2. The summed E-state index contributed by atoms with van der Waals surface area (Å²) in [5, 5.41) is 0. The fraction of sp³-hybridized carbons (Fsp3) is 0.237. The lowest BCUT2D eigenvalue weighted by Gasteiger charge is -2.51. The summed E-state index contributed by atoms with van der Waals surface area (Å²) in [6.07, 6.45) is 9.74. The lowest BCUT2D eigenvalue weighted by Crippen LogP contribution is -2.43. The van der Waals surface area contributed by atoms with Gasteiger partial charge in [-0.3, -0.25) is 0 Å². The van der Waals surface area contributed by atoms with Crippen LogP contribution in [0.25, 0.3) is 56.4 Å². The Labute approximate surface area is 370 Å². The maximum Gasteiger partial charge on any atom is 0.164 e. The first kappa shape index (κ1) is 37.0. The van der Waals surface area contributed by atoms with Crippen LogP contribution in [0.15, 0.2) is 170 Å². The van der Waals surface area contributed by atoms with E-state index in [1.54, 1.807) is 0 Å². The third-order valence-corrected chi connectivity index (χ3v) is 15.5. The summed E-state index contributed by atoms with van der Waals surface area (Å²) in [4.78, 5) is 15.8. The van der Waals surface area contributed by atoms with Crippen molar-refractivity contribution < 1.29 is 4.74 Å². The van der Waals surface area contributed by atoms with Crippen molar-refractivity contribution in [3.63, 3.8) is 0 Å². The average Bonchev–Trinajstić information content (AvgIpc) is 4.15. The predicted molar refractivity (Wildman–Crippen MR) is 253 cm³/mol. The van der Waals surface area contributed by atoms with E-state index in [4.69, 9.17) is 19.7 Å². The van der Waals surface area contributed by atoms with Gasteiger partial charge in [-0.1, -0.05) is 159 Å². The number of hydrogen-bond acceptors (Lipinski definition) is 4. The number of para-hydroxylation sites is 2. The highest BCUT2D eigenvalue weighted by Crippen LogP contribution is 2.63. The number of aromatic nitrogens is 3. The van der Waals surface area contributed by atoms with Gasteiger partial charge >= 0.3 is 0 Å². The standard InChI is InChI=1S/C59H49N3O/c1-37-31-38-32-43(39-23-24-39)36-58(34-37,35-38)44-28-25-41(26-29-44)56-60-55(40-13-3-2-4-14-40)61-57(62-56)47-17-6-5-15-45(47)42-27-30-50-48(33-42)46-16-7-8-18-49(46)59(50)51-19-9-11-21-53(51)63-54-22-12-10-20-52(54)59/h2-22,25-30,33,37-39,43H,23-24,31-32,34-36H2,1H3/t37-,38+,43?,58?/m0/s1. The number of nitrogens with zero attached hydrogens (tertiary/aromatic N) is 3. The van der Waals surface area contributed by atoms with Gasteiger partial charge in [0.1, 0.15) is 11.5 Å². The Morgan fingerprint density at radius 1 is 0.444 bits per heavy atom. The Kier molecular flexibility index (Phi) is 8.32. The second-order valence-corrected chi connectivity index (χ2v) is 19.4. The lowest BCUT2D eigenvalue weighted by molar-refractivity contribution is 0.0635. The van der Waals surface area contributed by atoms with Crippen LogP contribution < -0.4 is 4.74 Å². The van der Waals surface area contributed by atoms with E-state index in [2.05, 4.69) is 171 Å². The molecule has 63 heavy (non-hydrogen) atoms. The Morgan fingerprint density at radius 2 is 1.02 bits per heavy atom. The Bertz CT molecular complexity index is 3030. The zero-order chi connectivity index (χ0) is 41.7. The van der Waals surface area contributed by atoms with Gasteiger partial charge in [0.05, 0.1) is 5.41 Å². The van der Waals surface area contributed by atoms with Crippen LogP contribution in [0.2, 0.25) is 0 Å². The minimum Gasteiger partial charge on any atom is -0.457 e. The van der Waals surface area contributed by atoms with Crippen LogP contribution in [0.4, 0.5) is 0 Å². The van der Waals surface area contributed by atoms with Crippen LogP contribution in [-0.2, 0) is 10.8 Å². The van der Waals surface area contributed by atoms with Crippen molar-refractivity contribution in [1.29, 1.82) is 0 Å². The normalized spacial score (nSPS) is 22.3. The molecular weight excluding hydrogens is 767 g/mol. The SMILES string of the molecule is C[C@H]1C[C@@H]2CC(C3CC3)CC(c3ccc(-c4nc(-c5ccccc5)nc(-c5ccccc5-c5ccc6c(c5)-c5ccccc5C65c6ccccc6Oc6ccccc65)n4)cc3)(C1)C2. The van der Waals surface area contributed by atoms with Crippen molar-refractivity contribution in [1.82, 2.24) is 15.0 Å². The molecule has 4 atom stereocenters. The molecule has 0 radical (unpaired) electrons. The summed E-state index contributed by atoms with van der Waals surface area (Å²) in [7, 11) is 0. The molecule has 7 aromatic carbocycles. The highest BCUT2D eigenvalue weighted by molar-refractivity contribution is 5.92. The van der Waals surface area contributed by atoms with Gasteiger partial charge in [0.15, 0.2) is 17.5 Å². The molecule has 306 valence electrons. The van der Waals surface area contributed by atoms with Crippen LogP contribution in [0.5, 0.6) is 11.5 Å². The molecule has 5 aliphatic rings. The number of fused-ring (bicyclic) bond motifs is 11. The third-order valence-electron chi connectivity index (χ3n) is 15.5. The van der Waals surface area contributed by atoms with Crippen molar-refractivity contribution in [2.45, 2.75) is 62.7 Å². The first-order chi connectivity index (χ1) is 31.0. The molecule has 1 aromatic heterocycles. The van der Waals surface area contributed by atoms with Crippen molar-refractivity contribution in [2.75, 3.05) is 0 Å². The number of hydrogen-bond donors (Lipinski definition) is 0. The van der Waals surface area contributed by atoms with E-state index in [1.807, 2.05) is 6.07 Å². The number of ether oxygens (including phenoxy) is 1. The average molecular weight is 816 g/mol. The molecule has 0 amide bonds. The highest BCUT2D eigenvalue weighted by Gasteiger charge is 2.52. The molecule has 2 bridgehead atoms. The van der Waals surface area contributed by atoms with Gasteiger partial charge in [0.25, 0.3) is 0 Å². The van der Waals surface area contributed by atoms with Gasteiger partial charge in [-0.15, -0.1) is 0 Å². The summed E-state index contributed by atoms with van der Waals surface area (Å²) in [6, 6.07) is 61.4. The molecule has 1 aliphatic heterocycles. The van der Waals surface area contributed by atoms with Gasteiger partial charge in [-0.05, 0) is 131 Å². The maximum absolute atomic E-state index is 6.58. The Morgan fingerprint density at radius 3 is 1.73 bits per heavy atom. The highest BCUT2D eigenvalue weighted by atomic mass is 16.5. The molecule has 4 heteroatoms. The van der Waals surface area contributed by atoms with Crippen LogP contribution in [0, 0.1) is 23.7 Å². The van der Waals surface area contributed by atoms with E-state index in [-0.39, 0.29) is 0 Å². The van der Waals surface area contributed by atoms with E-state index >= 15 is 0 Å². The van der Waals surface area contributed by atoms with Gasteiger partial charge in [0.2, 0.25) is 0 Å². The van der Waals surface area contributed by atoms with E-state index in [1.165, 1.54) is 83.9 Å². The van der Waals surface area contributed by atoms with E-state index < -0.39 is 5.41 Å². The third kappa shape index (κ3) is 5.83. The summed E-state index contributed by atoms with van der Waals surface area (Å²) in [5.74, 6) is 7.36. The smallest absolute Gasteiger partial charge is 0.164 e. The summed E-state index contributed by atoms with van der Waals surface area (Å²) in [5.41, 5.74) is 13.8. The zero-order valence-electron chi connectivity index (χ0n) is 35.7. The number of benzene rings is 7. The maximum atomic E-state index is 6.58. The van der Waals surface area contributed by atoms with Crippen LogP contribution in [-0.4, -0.2) is 15.0 Å². The van der Waals surface area contributed by atoms with Crippen LogP contribution in [0.3, 0.4) is 0 Å². The van der Waals surface area contributed by atoms with Gasteiger partial charge < -0.3 is 4.74 Å². The molecule has 4 aliphatic carbocycles. The molecule has 0 N–H and O–H groups in total. The monoisotopic (exact) mass is 815 g/mol. The largest absolute Gasteiger partial charge is 0.457 e. The van der Waals surface area contributed by atoms with E-state index in [0.717, 1.165) is 63.0 Å². The fourth-order valence-corrected chi connectivity index (χ4v) is 12.9. The molecule has 1 spiro atoms. The summed E-state index contributed by atoms with van der Waals surface area (Å²) in [6.45, 7) is 2.49. The summed E-state index contributed by atoms with van der Waals surface area (Å²) >= 11 is 0. The molecular formula is C59H49N3O. The van der Waals surface area contributed by atoms with Crippen molar-refractivity contribution in [3.8, 4) is 67.9 Å². The molecule has 0 saturated heterocycles. The quantitative estimate of drug-likeness (QED) is 0.168. The lowest BCUT2D eigenvalue weighted by atomic mass is 9.53. The van der Waals surface area contributed by atoms with E-state index in [9.17, 15) is 0 Å². The van der Waals surface area contributed by atoms with Crippen molar-refractivity contribution in [3.05, 3.63) is 198 Å². The van der Waals surface area contributed by atoms with E-state index in [0.29, 0.717) is 22.9 Å². The van der Waals surface area contributed by atoms with Crippen LogP contribution in [0.1, 0.15) is 79.7 Å². The molecule has 2 heterocycles. The summed E-state index contributed by atoms with van der Waals surface area (Å²) < 4.78 is 6.58. The first-order valence-electron chi connectivity index (χ1n) is 23.2. The van der Waals surface area contributed by atoms with Crippen molar-refractivity contribution >= 4 is 0 Å². The Hall–Kier alpha value is -6.65. The fourth-order valence-electron chi connectivity index (χ4n) is 12.9. The Balaban J connectivity index is 0.932. The second-order valence-electron chi connectivity index (χ2n) is 19.4. The first-order valence-corrected chi connectivity index (χ1v) is 23.2. The topological polar surface area (TPSA) is 47.9 Å². The minimum atomic E-state index is -0.509. The zero-order valence-corrected chi connectivity index (χ0v) is 35.7. The predicted octanol–water partition coefficient (Wildman–Crippen LogP) is 14.5.